The Hall–Kier alpha value is -2.79. The van der Waals surface area contributed by atoms with E-state index in [0.717, 1.165) is 17.7 Å². The molecule has 1 atom stereocenters. The minimum Gasteiger partial charge on any atom is -0.497 e. The van der Waals surface area contributed by atoms with E-state index in [2.05, 4.69) is 11.4 Å². The Morgan fingerprint density at radius 3 is 2.59 bits per heavy atom. The van der Waals surface area contributed by atoms with Crippen molar-refractivity contribution < 1.29 is 14.3 Å². The fourth-order valence-corrected chi connectivity index (χ4v) is 4.38. The summed E-state index contributed by atoms with van der Waals surface area (Å²) in [6, 6.07) is 19.5. The summed E-state index contributed by atoms with van der Waals surface area (Å²) in [5.74, 6) is 1.52. The molecule has 0 saturated carbocycles. The van der Waals surface area contributed by atoms with Gasteiger partial charge in [-0.05, 0) is 53.3 Å². The van der Waals surface area contributed by atoms with Gasteiger partial charge in [0.05, 0.1) is 13.2 Å². The maximum atomic E-state index is 13.0. The molecule has 0 fully saturated rings. The zero-order chi connectivity index (χ0) is 18.6. The van der Waals surface area contributed by atoms with Gasteiger partial charge in [0, 0.05) is 11.4 Å². The van der Waals surface area contributed by atoms with E-state index in [9.17, 15) is 4.79 Å². The van der Waals surface area contributed by atoms with Crippen LogP contribution in [0.3, 0.4) is 0 Å². The Balaban J connectivity index is 1.59. The van der Waals surface area contributed by atoms with Gasteiger partial charge in [0.25, 0.3) is 5.91 Å². The number of ether oxygens (including phenoxy) is 2. The van der Waals surface area contributed by atoms with Gasteiger partial charge in [-0.3, -0.25) is 4.79 Å². The fraction of sp³-hybridized carbons (Fsp3) is 0.227. The van der Waals surface area contributed by atoms with Gasteiger partial charge in [0.15, 0.2) is 6.61 Å². The van der Waals surface area contributed by atoms with Crippen LogP contribution in [0.25, 0.3) is 0 Å². The molecule has 1 aliphatic heterocycles. The van der Waals surface area contributed by atoms with E-state index in [0.29, 0.717) is 12.3 Å². The molecule has 138 valence electrons. The number of rotatable bonds is 5. The van der Waals surface area contributed by atoms with Gasteiger partial charge in [-0.15, -0.1) is 11.3 Å². The zero-order valence-corrected chi connectivity index (χ0v) is 15.9. The molecule has 0 aliphatic carbocycles. The summed E-state index contributed by atoms with van der Waals surface area (Å²) in [6.07, 6.45) is 0.886. The molecule has 5 heteroatoms. The number of thiophene rings is 1. The second kappa shape index (κ2) is 7.84. The molecule has 1 amide bonds. The van der Waals surface area contributed by atoms with Crippen LogP contribution in [0.2, 0.25) is 0 Å². The zero-order valence-electron chi connectivity index (χ0n) is 15.1. The van der Waals surface area contributed by atoms with Gasteiger partial charge < -0.3 is 14.4 Å². The van der Waals surface area contributed by atoms with Crippen molar-refractivity contribution in [1.82, 2.24) is 4.90 Å². The highest BCUT2D eigenvalue weighted by Crippen LogP contribution is 2.38. The van der Waals surface area contributed by atoms with E-state index >= 15 is 0 Å². The lowest BCUT2D eigenvalue weighted by molar-refractivity contribution is -0.135. The van der Waals surface area contributed by atoms with E-state index in [1.807, 2.05) is 59.5 Å². The van der Waals surface area contributed by atoms with Gasteiger partial charge in [-0.1, -0.05) is 30.3 Å². The fourth-order valence-electron chi connectivity index (χ4n) is 3.48. The van der Waals surface area contributed by atoms with Crippen LogP contribution in [0.1, 0.15) is 22.0 Å². The van der Waals surface area contributed by atoms with E-state index < -0.39 is 0 Å². The Morgan fingerprint density at radius 2 is 1.85 bits per heavy atom. The van der Waals surface area contributed by atoms with E-state index in [-0.39, 0.29) is 18.6 Å². The van der Waals surface area contributed by atoms with E-state index in [4.69, 9.17) is 9.47 Å². The van der Waals surface area contributed by atoms with Crippen LogP contribution >= 0.6 is 11.3 Å². The molecule has 3 aromatic rings. The molecule has 27 heavy (non-hydrogen) atoms. The largest absolute Gasteiger partial charge is 0.497 e. The van der Waals surface area contributed by atoms with Crippen LogP contribution in [-0.4, -0.2) is 31.1 Å². The molecule has 1 aliphatic rings. The average Bonchev–Trinajstić information content (AvgIpc) is 3.21. The first-order valence-corrected chi connectivity index (χ1v) is 9.82. The van der Waals surface area contributed by atoms with E-state index in [1.165, 1.54) is 10.4 Å². The van der Waals surface area contributed by atoms with Crippen molar-refractivity contribution in [2.75, 3.05) is 20.3 Å². The topological polar surface area (TPSA) is 38.8 Å². The highest BCUT2D eigenvalue weighted by Gasteiger charge is 2.32. The summed E-state index contributed by atoms with van der Waals surface area (Å²) in [5, 5.41) is 2.11. The van der Waals surface area contributed by atoms with Crippen LogP contribution in [0.5, 0.6) is 11.5 Å². The number of methoxy groups -OCH3 is 1. The molecule has 0 spiro atoms. The van der Waals surface area contributed by atoms with Crippen LogP contribution in [-0.2, 0) is 11.2 Å². The predicted molar refractivity (Wildman–Crippen MR) is 107 cm³/mol. The Bertz CT molecular complexity index is 905. The van der Waals surface area contributed by atoms with Gasteiger partial charge in [-0.25, -0.2) is 0 Å². The third-order valence-electron chi connectivity index (χ3n) is 4.82. The second-order valence-electron chi connectivity index (χ2n) is 6.41. The van der Waals surface area contributed by atoms with Crippen molar-refractivity contribution in [2.45, 2.75) is 12.5 Å². The quantitative estimate of drug-likeness (QED) is 0.663. The summed E-state index contributed by atoms with van der Waals surface area (Å²) in [6.45, 7) is 0.733. The molecular weight excluding hydrogens is 358 g/mol. The number of hydrogen-bond donors (Lipinski definition) is 0. The molecule has 0 bridgehead atoms. The first-order chi connectivity index (χ1) is 13.3. The summed E-state index contributed by atoms with van der Waals surface area (Å²) in [7, 11) is 1.66. The van der Waals surface area contributed by atoms with Gasteiger partial charge in [0.2, 0.25) is 0 Å². The first-order valence-electron chi connectivity index (χ1n) is 8.94. The highest BCUT2D eigenvalue weighted by atomic mass is 32.1. The number of para-hydroxylation sites is 1. The van der Waals surface area contributed by atoms with Crippen LogP contribution in [0, 0.1) is 0 Å². The maximum Gasteiger partial charge on any atom is 0.261 e. The third kappa shape index (κ3) is 3.69. The molecular formula is C22H21NO3S. The van der Waals surface area contributed by atoms with Crippen molar-refractivity contribution in [2.24, 2.45) is 0 Å². The summed E-state index contributed by atoms with van der Waals surface area (Å²) >= 11 is 1.76. The standard InChI is InChI=1S/C22H21NO3S/c1-25-17-9-7-16(8-10-17)22-19-12-14-27-20(19)11-13-23(22)21(24)15-26-18-5-3-2-4-6-18/h2-10,12,14,22H,11,13,15H2,1H3/t22-/m1/s1. The minimum atomic E-state index is -0.0854. The maximum absolute atomic E-state index is 13.0. The molecule has 1 aromatic heterocycles. The number of benzene rings is 2. The van der Waals surface area contributed by atoms with Crippen molar-refractivity contribution >= 4 is 17.2 Å². The molecule has 4 rings (SSSR count). The number of nitrogens with zero attached hydrogens (tertiary/aromatic N) is 1. The van der Waals surface area contributed by atoms with Gasteiger partial charge in [0.1, 0.15) is 11.5 Å². The lowest BCUT2D eigenvalue weighted by atomic mass is 9.93. The highest BCUT2D eigenvalue weighted by molar-refractivity contribution is 7.10. The van der Waals surface area contributed by atoms with Crippen LogP contribution in [0.15, 0.2) is 66.0 Å². The lowest BCUT2D eigenvalue weighted by Gasteiger charge is -2.36. The van der Waals surface area contributed by atoms with E-state index in [1.54, 1.807) is 18.4 Å². The average molecular weight is 379 g/mol. The monoisotopic (exact) mass is 379 g/mol. The number of fused-ring (bicyclic) bond motifs is 1. The third-order valence-corrected chi connectivity index (χ3v) is 5.82. The van der Waals surface area contributed by atoms with Crippen LogP contribution in [0.4, 0.5) is 0 Å². The Labute approximate surface area is 163 Å². The number of hydrogen-bond acceptors (Lipinski definition) is 4. The van der Waals surface area contributed by atoms with Crippen molar-refractivity contribution in [1.29, 1.82) is 0 Å². The van der Waals surface area contributed by atoms with Gasteiger partial charge in [-0.2, -0.15) is 0 Å². The summed E-state index contributed by atoms with van der Waals surface area (Å²) in [4.78, 5) is 16.3. The van der Waals surface area contributed by atoms with Gasteiger partial charge >= 0.3 is 0 Å². The van der Waals surface area contributed by atoms with Crippen LogP contribution < -0.4 is 9.47 Å². The minimum absolute atomic E-state index is 0.00322. The normalized spacial score (nSPS) is 15.9. The number of carbonyl (C=O) groups is 1. The molecule has 0 N–H and O–H groups in total. The predicted octanol–water partition coefficient (Wildman–Crippen LogP) is 4.31. The molecule has 0 radical (unpaired) electrons. The number of amides is 1. The molecule has 0 unspecified atom stereocenters. The molecule has 4 nitrogen and oxygen atoms in total. The first kappa shape index (κ1) is 17.6. The lowest BCUT2D eigenvalue weighted by Crippen LogP contribution is -2.42. The van der Waals surface area contributed by atoms with Crippen molar-refractivity contribution in [3.8, 4) is 11.5 Å². The summed E-state index contributed by atoms with van der Waals surface area (Å²) in [5.41, 5.74) is 2.30. The second-order valence-corrected chi connectivity index (χ2v) is 7.41. The smallest absolute Gasteiger partial charge is 0.261 e. The SMILES string of the molecule is COc1ccc([C@@H]2c3ccsc3CCN2C(=O)COc2ccccc2)cc1. The van der Waals surface area contributed by atoms with Crippen molar-refractivity contribution in [3.05, 3.63) is 82.0 Å². The molecule has 2 heterocycles. The molecule has 0 saturated heterocycles. The Kier molecular flexibility index (Phi) is 5.12. The number of carbonyl (C=O) groups excluding carboxylic acids is 1. The molecule has 2 aromatic carbocycles. The summed E-state index contributed by atoms with van der Waals surface area (Å²) < 4.78 is 11.0. The van der Waals surface area contributed by atoms with Crippen molar-refractivity contribution in [3.63, 3.8) is 0 Å². The Morgan fingerprint density at radius 1 is 1.07 bits per heavy atom.